The molecule has 0 radical (unpaired) electrons. The number of halogens is 1. The highest BCUT2D eigenvalue weighted by Crippen LogP contribution is 2.16. The molecule has 0 saturated heterocycles. The maximum absolute atomic E-state index is 13.6. The summed E-state index contributed by atoms with van der Waals surface area (Å²) in [7, 11) is 0. The van der Waals surface area contributed by atoms with Crippen molar-refractivity contribution in [2.24, 2.45) is 0 Å². The Morgan fingerprint density at radius 3 is 2.63 bits per heavy atom. The molecule has 0 aliphatic heterocycles. The maximum Gasteiger partial charge on any atom is 0.287 e. The van der Waals surface area contributed by atoms with Gasteiger partial charge >= 0.3 is 0 Å². The van der Waals surface area contributed by atoms with E-state index in [1.807, 2.05) is 31.2 Å². The number of carbonyl (C=O) groups excluding carboxylic acids is 1. The van der Waals surface area contributed by atoms with E-state index < -0.39 is 0 Å². The summed E-state index contributed by atoms with van der Waals surface area (Å²) in [4.78, 5) is 28.8. The van der Waals surface area contributed by atoms with Crippen molar-refractivity contribution in [2.45, 2.75) is 18.9 Å². The number of nitrogens with one attached hydrogen (secondary N) is 1. The summed E-state index contributed by atoms with van der Waals surface area (Å²) in [5.74, 6) is -0.725. The summed E-state index contributed by atoms with van der Waals surface area (Å²) in [6.45, 7) is 3.62. The average molecular weight is 383 g/mol. The van der Waals surface area contributed by atoms with Gasteiger partial charge in [-0.25, -0.2) is 9.37 Å². The fourth-order valence-corrected chi connectivity index (χ4v) is 3.10. The van der Waals surface area contributed by atoms with E-state index in [9.17, 15) is 14.0 Å². The summed E-state index contributed by atoms with van der Waals surface area (Å²) >= 11 is 1.04. The largest absolute Gasteiger partial charge is 0.325 e. The standard InChI is InChI=1S/C20H18FN3O2S/c1-13-3-7-16(8-4-13)24-10-9-22-19(20(24)26)27-12-18(25)23-15-6-5-14(2)17(21)11-15/h3-11H,12H2,1-2H3,(H,23,25). The molecule has 5 nitrogen and oxygen atoms in total. The summed E-state index contributed by atoms with van der Waals surface area (Å²) in [5.41, 5.74) is 2.42. The third kappa shape index (κ3) is 4.62. The van der Waals surface area contributed by atoms with Gasteiger partial charge < -0.3 is 5.32 Å². The molecule has 0 aliphatic carbocycles. The molecule has 1 N–H and O–H groups in total. The fourth-order valence-electron chi connectivity index (χ4n) is 2.40. The lowest BCUT2D eigenvalue weighted by Crippen LogP contribution is -2.22. The van der Waals surface area contributed by atoms with Gasteiger partial charge in [0.05, 0.1) is 5.75 Å². The first-order valence-electron chi connectivity index (χ1n) is 8.27. The molecule has 0 saturated carbocycles. The van der Waals surface area contributed by atoms with Crippen LogP contribution in [0.3, 0.4) is 0 Å². The van der Waals surface area contributed by atoms with Gasteiger partial charge in [0.15, 0.2) is 5.03 Å². The van der Waals surface area contributed by atoms with Gasteiger partial charge in [-0.1, -0.05) is 35.5 Å². The first-order chi connectivity index (χ1) is 12.9. The Labute approximate surface area is 160 Å². The number of benzene rings is 2. The highest BCUT2D eigenvalue weighted by molar-refractivity contribution is 7.99. The van der Waals surface area contributed by atoms with E-state index in [2.05, 4.69) is 10.3 Å². The molecule has 0 unspecified atom stereocenters. The van der Waals surface area contributed by atoms with Gasteiger partial charge in [-0.15, -0.1) is 0 Å². The van der Waals surface area contributed by atoms with E-state index in [-0.39, 0.29) is 28.1 Å². The summed E-state index contributed by atoms with van der Waals surface area (Å²) in [5, 5.41) is 2.84. The molecule has 0 bridgehead atoms. The average Bonchev–Trinajstić information content (AvgIpc) is 2.65. The van der Waals surface area contributed by atoms with Crippen molar-refractivity contribution in [1.29, 1.82) is 0 Å². The third-order valence-corrected chi connectivity index (χ3v) is 4.88. The van der Waals surface area contributed by atoms with E-state index in [0.29, 0.717) is 11.3 Å². The van der Waals surface area contributed by atoms with Crippen LogP contribution in [0.5, 0.6) is 0 Å². The molecular weight excluding hydrogens is 365 g/mol. The van der Waals surface area contributed by atoms with Crippen LogP contribution in [-0.2, 0) is 4.79 Å². The van der Waals surface area contributed by atoms with Crippen LogP contribution < -0.4 is 10.9 Å². The van der Waals surface area contributed by atoms with Gasteiger partial charge in [0.2, 0.25) is 5.91 Å². The predicted molar refractivity (Wildman–Crippen MR) is 105 cm³/mol. The van der Waals surface area contributed by atoms with Crippen molar-refractivity contribution in [2.75, 3.05) is 11.1 Å². The van der Waals surface area contributed by atoms with Crippen LogP contribution in [0.1, 0.15) is 11.1 Å². The number of amides is 1. The molecular formula is C20H18FN3O2S. The molecule has 0 fully saturated rings. The van der Waals surface area contributed by atoms with Gasteiger partial charge in [-0.3, -0.25) is 14.2 Å². The quantitative estimate of drug-likeness (QED) is 0.682. The molecule has 3 rings (SSSR count). The Hall–Kier alpha value is -2.93. The number of anilines is 1. The van der Waals surface area contributed by atoms with Crippen molar-refractivity contribution in [3.05, 3.63) is 82.2 Å². The first-order valence-corrected chi connectivity index (χ1v) is 9.26. The predicted octanol–water partition coefficient (Wildman–Crippen LogP) is 3.72. The molecule has 0 atom stereocenters. The number of hydrogen-bond acceptors (Lipinski definition) is 4. The molecule has 1 heterocycles. The number of thioether (sulfide) groups is 1. The van der Waals surface area contributed by atoms with Crippen LogP contribution in [-0.4, -0.2) is 21.2 Å². The zero-order valence-electron chi connectivity index (χ0n) is 14.9. The lowest BCUT2D eigenvalue weighted by molar-refractivity contribution is -0.113. The summed E-state index contributed by atoms with van der Waals surface area (Å²) < 4.78 is 15.0. The Bertz CT molecular complexity index is 1030. The van der Waals surface area contributed by atoms with Gasteiger partial charge in [0.25, 0.3) is 5.56 Å². The van der Waals surface area contributed by atoms with E-state index in [4.69, 9.17) is 0 Å². The SMILES string of the molecule is Cc1ccc(-n2ccnc(SCC(=O)Nc3ccc(C)c(F)c3)c2=O)cc1. The lowest BCUT2D eigenvalue weighted by atomic mass is 10.2. The second-order valence-corrected chi connectivity index (χ2v) is 7.01. The van der Waals surface area contributed by atoms with Crippen LogP contribution in [0.4, 0.5) is 10.1 Å². The number of carbonyl (C=O) groups is 1. The van der Waals surface area contributed by atoms with E-state index in [1.165, 1.54) is 16.8 Å². The molecule has 27 heavy (non-hydrogen) atoms. The molecule has 0 spiro atoms. The fraction of sp³-hybridized carbons (Fsp3) is 0.150. The zero-order valence-corrected chi connectivity index (χ0v) is 15.7. The van der Waals surface area contributed by atoms with E-state index in [0.717, 1.165) is 23.0 Å². The highest BCUT2D eigenvalue weighted by Gasteiger charge is 2.11. The minimum atomic E-state index is -0.383. The van der Waals surface area contributed by atoms with Crippen LogP contribution in [0, 0.1) is 19.7 Å². The zero-order chi connectivity index (χ0) is 19.4. The highest BCUT2D eigenvalue weighted by atomic mass is 32.2. The number of aryl methyl sites for hydroxylation is 2. The minimum absolute atomic E-state index is 0.00432. The first kappa shape index (κ1) is 18.8. The Balaban J connectivity index is 1.70. The normalized spacial score (nSPS) is 10.6. The van der Waals surface area contributed by atoms with Gasteiger partial charge in [-0.2, -0.15) is 0 Å². The van der Waals surface area contributed by atoms with Crippen LogP contribution in [0.15, 0.2) is 64.7 Å². The maximum atomic E-state index is 13.6. The van der Waals surface area contributed by atoms with Crippen LogP contribution >= 0.6 is 11.8 Å². The number of rotatable bonds is 5. The van der Waals surface area contributed by atoms with Gasteiger partial charge in [0.1, 0.15) is 5.82 Å². The molecule has 0 aliphatic rings. The number of nitrogens with zero attached hydrogens (tertiary/aromatic N) is 2. The Kier molecular flexibility index (Phi) is 5.71. The Morgan fingerprint density at radius 2 is 1.93 bits per heavy atom. The van der Waals surface area contributed by atoms with Gasteiger partial charge in [-0.05, 0) is 43.7 Å². The molecule has 3 aromatic rings. The number of aromatic nitrogens is 2. The number of hydrogen-bond donors (Lipinski definition) is 1. The summed E-state index contributed by atoms with van der Waals surface area (Å²) in [6.07, 6.45) is 3.11. The van der Waals surface area contributed by atoms with Crippen LogP contribution in [0.2, 0.25) is 0 Å². The summed E-state index contributed by atoms with van der Waals surface area (Å²) in [6, 6.07) is 12.0. The van der Waals surface area contributed by atoms with E-state index >= 15 is 0 Å². The lowest BCUT2D eigenvalue weighted by Gasteiger charge is -2.08. The second-order valence-electron chi connectivity index (χ2n) is 6.04. The monoisotopic (exact) mass is 383 g/mol. The van der Waals surface area contributed by atoms with Gasteiger partial charge in [0, 0.05) is 23.8 Å². The molecule has 7 heteroatoms. The van der Waals surface area contributed by atoms with Crippen molar-refractivity contribution >= 4 is 23.4 Å². The van der Waals surface area contributed by atoms with Crippen molar-refractivity contribution in [1.82, 2.24) is 9.55 Å². The molecule has 1 aromatic heterocycles. The van der Waals surface area contributed by atoms with Crippen molar-refractivity contribution in [3.63, 3.8) is 0 Å². The van der Waals surface area contributed by atoms with Crippen LogP contribution in [0.25, 0.3) is 5.69 Å². The molecule has 2 aromatic carbocycles. The third-order valence-electron chi connectivity index (χ3n) is 3.92. The van der Waals surface area contributed by atoms with E-state index in [1.54, 1.807) is 25.3 Å². The Morgan fingerprint density at radius 1 is 1.19 bits per heavy atom. The van der Waals surface area contributed by atoms with Crippen molar-refractivity contribution in [3.8, 4) is 5.69 Å². The molecule has 1 amide bonds. The molecule has 138 valence electrons. The van der Waals surface area contributed by atoms with Crippen molar-refractivity contribution < 1.29 is 9.18 Å². The topological polar surface area (TPSA) is 64.0 Å². The smallest absolute Gasteiger partial charge is 0.287 e. The second kappa shape index (κ2) is 8.18. The minimum Gasteiger partial charge on any atom is -0.325 e.